The predicted octanol–water partition coefficient (Wildman–Crippen LogP) is 2.85. The summed E-state index contributed by atoms with van der Waals surface area (Å²) in [5, 5.41) is 0. The van der Waals surface area contributed by atoms with Gasteiger partial charge in [0.1, 0.15) is 5.82 Å². The Morgan fingerprint density at radius 1 is 1.40 bits per heavy atom. The van der Waals surface area contributed by atoms with Crippen LogP contribution < -0.4 is 10.3 Å². The number of aryl methyl sites for hydroxylation is 1. The minimum Gasteiger partial charge on any atom is -0.494 e. The Balaban J connectivity index is 2.66. The zero-order valence-electron chi connectivity index (χ0n) is 11.8. The lowest BCUT2D eigenvalue weighted by atomic mass is 10.1. The Kier molecular flexibility index (Phi) is 4.17. The number of methoxy groups -OCH3 is 1. The van der Waals surface area contributed by atoms with Crippen molar-refractivity contribution < 1.29 is 9.13 Å². The van der Waals surface area contributed by atoms with E-state index in [1.807, 2.05) is 6.92 Å². The molecule has 0 amide bonds. The second-order valence-corrected chi connectivity index (χ2v) is 4.56. The number of H-pyrrole nitrogens is 1. The first-order valence-corrected chi connectivity index (χ1v) is 6.51. The van der Waals surface area contributed by atoms with Crippen molar-refractivity contribution in [3.63, 3.8) is 0 Å². The molecule has 0 spiro atoms. The fourth-order valence-electron chi connectivity index (χ4n) is 2.05. The number of nitrogens with zero attached hydrogens (tertiary/aromatic N) is 1. The van der Waals surface area contributed by atoms with Gasteiger partial charge in [0.25, 0.3) is 5.56 Å². The molecule has 1 N–H and O–H groups in total. The van der Waals surface area contributed by atoms with Gasteiger partial charge in [0.2, 0.25) is 0 Å². The van der Waals surface area contributed by atoms with E-state index in [0.29, 0.717) is 23.5 Å². The van der Waals surface area contributed by atoms with Gasteiger partial charge >= 0.3 is 0 Å². The number of rotatable bonds is 4. The fraction of sp³-hybridized carbons (Fsp3) is 0.333. The van der Waals surface area contributed by atoms with E-state index in [9.17, 15) is 9.18 Å². The Labute approximate surface area is 116 Å². The molecule has 0 saturated carbocycles. The molecule has 0 fully saturated rings. The summed E-state index contributed by atoms with van der Waals surface area (Å²) in [5.74, 6) is 0.208. The lowest BCUT2D eigenvalue weighted by Gasteiger charge is -2.10. The summed E-state index contributed by atoms with van der Waals surface area (Å²) < 4.78 is 19.3. The molecule has 0 bridgehead atoms. The summed E-state index contributed by atoms with van der Waals surface area (Å²) >= 11 is 0. The summed E-state index contributed by atoms with van der Waals surface area (Å²) in [6, 6.07) is 4.82. The highest BCUT2D eigenvalue weighted by atomic mass is 19.1. The lowest BCUT2D eigenvalue weighted by molar-refractivity contribution is 0.387. The van der Waals surface area contributed by atoms with Crippen molar-refractivity contribution in [1.82, 2.24) is 9.97 Å². The fourth-order valence-corrected chi connectivity index (χ4v) is 2.05. The van der Waals surface area contributed by atoms with Gasteiger partial charge in [0.15, 0.2) is 11.6 Å². The van der Waals surface area contributed by atoms with Crippen molar-refractivity contribution in [3.05, 3.63) is 45.8 Å². The van der Waals surface area contributed by atoms with Crippen molar-refractivity contribution >= 4 is 0 Å². The molecule has 0 aliphatic rings. The Bertz CT molecular complexity index is 680. The van der Waals surface area contributed by atoms with Crippen LogP contribution in [0.15, 0.2) is 23.0 Å². The van der Waals surface area contributed by atoms with E-state index < -0.39 is 5.82 Å². The predicted molar refractivity (Wildman–Crippen MR) is 75.5 cm³/mol. The van der Waals surface area contributed by atoms with Crippen LogP contribution in [-0.4, -0.2) is 17.1 Å². The molecule has 2 rings (SSSR count). The first-order chi connectivity index (χ1) is 9.58. The average Bonchev–Trinajstić information content (AvgIpc) is 2.43. The Morgan fingerprint density at radius 3 is 2.80 bits per heavy atom. The molecule has 20 heavy (non-hydrogen) atoms. The number of hydrogen-bond donors (Lipinski definition) is 1. The SMILES string of the molecule is CCCc1nc(-c2cccc(OC)c2F)c(C)c(=O)[nH]1. The zero-order valence-corrected chi connectivity index (χ0v) is 11.8. The third kappa shape index (κ3) is 2.57. The van der Waals surface area contributed by atoms with Gasteiger partial charge in [-0.3, -0.25) is 4.79 Å². The highest BCUT2D eigenvalue weighted by Gasteiger charge is 2.16. The van der Waals surface area contributed by atoms with Gasteiger partial charge in [-0.05, 0) is 25.5 Å². The minimum atomic E-state index is -0.501. The molecular formula is C15H17FN2O2. The smallest absolute Gasteiger partial charge is 0.254 e. The summed E-state index contributed by atoms with van der Waals surface area (Å²) in [6.45, 7) is 3.63. The highest BCUT2D eigenvalue weighted by Crippen LogP contribution is 2.28. The van der Waals surface area contributed by atoms with Gasteiger partial charge in [0.05, 0.1) is 12.8 Å². The van der Waals surface area contributed by atoms with Crippen molar-refractivity contribution in [2.24, 2.45) is 0 Å². The average molecular weight is 276 g/mol. The van der Waals surface area contributed by atoms with Gasteiger partial charge in [-0.15, -0.1) is 0 Å². The first-order valence-electron chi connectivity index (χ1n) is 6.51. The van der Waals surface area contributed by atoms with E-state index >= 15 is 0 Å². The highest BCUT2D eigenvalue weighted by molar-refractivity contribution is 5.65. The van der Waals surface area contributed by atoms with Crippen LogP contribution >= 0.6 is 0 Å². The monoisotopic (exact) mass is 276 g/mol. The molecule has 1 heterocycles. The molecule has 2 aromatic rings. The molecule has 1 aromatic heterocycles. The van der Waals surface area contributed by atoms with Crippen LogP contribution in [0.25, 0.3) is 11.3 Å². The van der Waals surface area contributed by atoms with E-state index in [2.05, 4.69) is 9.97 Å². The molecule has 5 heteroatoms. The van der Waals surface area contributed by atoms with Crippen LogP contribution in [0.2, 0.25) is 0 Å². The van der Waals surface area contributed by atoms with Crippen LogP contribution in [0.1, 0.15) is 24.7 Å². The zero-order chi connectivity index (χ0) is 14.7. The normalized spacial score (nSPS) is 10.6. The Hall–Kier alpha value is -2.17. The minimum absolute atomic E-state index is 0.140. The Morgan fingerprint density at radius 2 is 2.15 bits per heavy atom. The van der Waals surface area contributed by atoms with Gasteiger partial charge in [-0.25, -0.2) is 9.37 Å². The van der Waals surface area contributed by atoms with Crippen molar-refractivity contribution in [3.8, 4) is 17.0 Å². The molecule has 0 aliphatic heterocycles. The third-order valence-electron chi connectivity index (χ3n) is 3.13. The second-order valence-electron chi connectivity index (χ2n) is 4.56. The summed E-state index contributed by atoms with van der Waals surface area (Å²) in [6.07, 6.45) is 1.50. The van der Waals surface area contributed by atoms with E-state index in [1.165, 1.54) is 13.2 Å². The van der Waals surface area contributed by atoms with E-state index in [0.717, 1.165) is 6.42 Å². The first kappa shape index (κ1) is 14.2. The standard InChI is InChI=1S/C15H17FN2O2/c1-4-6-12-17-14(9(2)15(19)18-12)10-7-5-8-11(20-3)13(10)16/h5,7-8H,4,6H2,1-3H3,(H,17,18,19). The topological polar surface area (TPSA) is 55.0 Å². The number of ether oxygens (including phenoxy) is 1. The number of nitrogens with one attached hydrogen (secondary N) is 1. The maximum atomic E-state index is 14.3. The molecular weight excluding hydrogens is 259 g/mol. The number of aromatic nitrogens is 2. The van der Waals surface area contributed by atoms with Gasteiger partial charge < -0.3 is 9.72 Å². The van der Waals surface area contributed by atoms with Gasteiger partial charge in [-0.2, -0.15) is 0 Å². The molecule has 106 valence electrons. The maximum absolute atomic E-state index is 14.3. The van der Waals surface area contributed by atoms with Crippen LogP contribution in [0.4, 0.5) is 4.39 Å². The van der Waals surface area contributed by atoms with Crippen molar-refractivity contribution in [2.45, 2.75) is 26.7 Å². The number of hydrogen-bond acceptors (Lipinski definition) is 3. The maximum Gasteiger partial charge on any atom is 0.254 e. The quantitative estimate of drug-likeness (QED) is 0.934. The van der Waals surface area contributed by atoms with Crippen LogP contribution in [0.3, 0.4) is 0 Å². The molecule has 0 atom stereocenters. The third-order valence-corrected chi connectivity index (χ3v) is 3.13. The second kappa shape index (κ2) is 5.86. The lowest BCUT2D eigenvalue weighted by Crippen LogP contribution is -2.16. The van der Waals surface area contributed by atoms with Gasteiger partial charge in [0, 0.05) is 17.5 Å². The molecule has 0 saturated heterocycles. The number of aromatic amines is 1. The van der Waals surface area contributed by atoms with Crippen LogP contribution in [0.5, 0.6) is 5.75 Å². The van der Waals surface area contributed by atoms with Crippen LogP contribution in [0, 0.1) is 12.7 Å². The van der Waals surface area contributed by atoms with Crippen molar-refractivity contribution in [1.29, 1.82) is 0 Å². The number of benzene rings is 1. The van der Waals surface area contributed by atoms with E-state index in [4.69, 9.17) is 4.74 Å². The van der Waals surface area contributed by atoms with Crippen molar-refractivity contribution in [2.75, 3.05) is 7.11 Å². The summed E-state index contributed by atoms with van der Waals surface area (Å²) in [7, 11) is 1.41. The largest absolute Gasteiger partial charge is 0.494 e. The van der Waals surface area contributed by atoms with Crippen LogP contribution in [-0.2, 0) is 6.42 Å². The molecule has 0 radical (unpaired) electrons. The molecule has 1 aromatic carbocycles. The van der Waals surface area contributed by atoms with E-state index in [1.54, 1.807) is 19.1 Å². The molecule has 4 nitrogen and oxygen atoms in total. The summed E-state index contributed by atoms with van der Waals surface area (Å²) in [4.78, 5) is 19.0. The summed E-state index contributed by atoms with van der Waals surface area (Å²) in [5.41, 5.74) is 0.816. The van der Waals surface area contributed by atoms with E-state index in [-0.39, 0.29) is 16.9 Å². The molecule has 0 unspecified atom stereocenters. The number of halogens is 1. The van der Waals surface area contributed by atoms with Gasteiger partial charge in [-0.1, -0.05) is 13.0 Å². The molecule has 0 aliphatic carbocycles.